The van der Waals surface area contributed by atoms with Crippen LogP contribution in [-0.4, -0.2) is 18.2 Å². The molecule has 116 valence electrons. The van der Waals surface area contributed by atoms with Gasteiger partial charge in [0, 0.05) is 19.3 Å². The summed E-state index contributed by atoms with van der Waals surface area (Å²) in [6.45, 7) is 0.655. The maximum atomic E-state index is 13.8. The molecular weight excluding hydrogens is 289 g/mol. The summed E-state index contributed by atoms with van der Waals surface area (Å²) in [5.74, 6) is 0.113. The molecule has 0 radical (unpaired) electrons. The van der Waals surface area contributed by atoms with E-state index in [9.17, 15) is 9.18 Å². The lowest BCUT2D eigenvalue weighted by Crippen LogP contribution is -2.20. The topological polar surface area (TPSA) is 86.5 Å². The molecule has 1 heterocycles. The smallest absolute Gasteiger partial charge is 0.411 e. The number of ether oxygens (including phenoxy) is 2. The van der Waals surface area contributed by atoms with Crippen LogP contribution in [0.3, 0.4) is 0 Å². The van der Waals surface area contributed by atoms with E-state index in [1.165, 1.54) is 12.3 Å². The number of pyridine rings is 1. The molecule has 0 unspecified atom stereocenters. The lowest BCUT2D eigenvalue weighted by Gasteiger charge is -2.10. The standard InChI is InChI=1S/C15H16FN3O3/c1-21-11-4-2-10(3-5-11)8-18-9-12-13(16)6-7-19-14(12)22-15(17)20/h2-7,18H,8-9H2,1H3,(H2,17,20). The van der Waals surface area contributed by atoms with Crippen LogP contribution in [0.4, 0.5) is 9.18 Å². The van der Waals surface area contributed by atoms with Crippen LogP contribution in [0.15, 0.2) is 36.5 Å². The number of amides is 1. The number of rotatable bonds is 6. The number of hydrogen-bond donors (Lipinski definition) is 2. The quantitative estimate of drug-likeness (QED) is 0.852. The van der Waals surface area contributed by atoms with Gasteiger partial charge in [-0.3, -0.25) is 0 Å². The number of benzene rings is 1. The molecule has 0 aliphatic rings. The molecule has 2 aromatic rings. The Labute approximate surface area is 127 Å². The summed E-state index contributed by atoms with van der Waals surface area (Å²) >= 11 is 0. The predicted molar refractivity (Wildman–Crippen MR) is 77.9 cm³/mol. The van der Waals surface area contributed by atoms with E-state index < -0.39 is 11.9 Å². The molecule has 6 nitrogen and oxygen atoms in total. The van der Waals surface area contributed by atoms with Gasteiger partial charge in [-0.2, -0.15) is 0 Å². The lowest BCUT2D eigenvalue weighted by molar-refractivity contribution is 0.208. The van der Waals surface area contributed by atoms with Crippen LogP contribution < -0.4 is 20.5 Å². The van der Waals surface area contributed by atoms with Crippen molar-refractivity contribution in [2.24, 2.45) is 5.73 Å². The van der Waals surface area contributed by atoms with Gasteiger partial charge in [0.15, 0.2) is 0 Å². The second-order valence-electron chi connectivity index (χ2n) is 4.45. The Hall–Kier alpha value is -2.67. The molecule has 7 heteroatoms. The SMILES string of the molecule is COc1ccc(CNCc2c(F)ccnc2OC(N)=O)cc1. The zero-order chi connectivity index (χ0) is 15.9. The second kappa shape index (κ2) is 7.37. The molecule has 0 saturated heterocycles. The minimum atomic E-state index is -1.03. The largest absolute Gasteiger partial charge is 0.497 e. The number of nitrogens with one attached hydrogen (secondary N) is 1. The highest BCUT2D eigenvalue weighted by molar-refractivity contribution is 5.67. The van der Waals surface area contributed by atoms with Crippen molar-refractivity contribution < 1.29 is 18.7 Å². The van der Waals surface area contributed by atoms with Crippen molar-refractivity contribution >= 4 is 6.09 Å². The number of aromatic nitrogens is 1. The summed E-state index contributed by atoms with van der Waals surface area (Å²) in [4.78, 5) is 14.6. The van der Waals surface area contributed by atoms with Crippen molar-refractivity contribution in [3.63, 3.8) is 0 Å². The molecule has 0 aliphatic carbocycles. The van der Waals surface area contributed by atoms with Crippen LogP contribution in [0.25, 0.3) is 0 Å². The van der Waals surface area contributed by atoms with Crippen molar-refractivity contribution in [3.05, 3.63) is 53.5 Å². The highest BCUT2D eigenvalue weighted by Gasteiger charge is 2.13. The molecule has 2 rings (SSSR count). The first-order valence-corrected chi connectivity index (χ1v) is 6.54. The number of carbonyl (C=O) groups is 1. The van der Waals surface area contributed by atoms with E-state index in [4.69, 9.17) is 15.2 Å². The Bertz CT molecular complexity index is 647. The maximum Gasteiger partial charge on any atom is 0.411 e. The van der Waals surface area contributed by atoms with Crippen molar-refractivity contribution in [2.75, 3.05) is 7.11 Å². The van der Waals surface area contributed by atoms with E-state index in [1.54, 1.807) is 7.11 Å². The Morgan fingerprint density at radius 2 is 2.00 bits per heavy atom. The Morgan fingerprint density at radius 3 is 2.64 bits per heavy atom. The van der Waals surface area contributed by atoms with Gasteiger partial charge in [-0.25, -0.2) is 14.2 Å². The van der Waals surface area contributed by atoms with E-state index in [-0.39, 0.29) is 18.0 Å². The first-order valence-electron chi connectivity index (χ1n) is 6.54. The molecule has 0 aliphatic heterocycles. The average Bonchev–Trinajstić information content (AvgIpc) is 2.50. The number of primary amides is 1. The second-order valence-corrected chi connectivity index (χ2v) is 4.45. The molecule has 0 fully saturated rings. The number of halogens is 1. The number of methoxy groups -OCH3 is 1. The minimum absolute atomic E-state index is 0.130. The molecule has 1 aromatic heterocycles. The third-order valence-electron chi connectivity index (χ3n) is 2.95. The van der Waals surface area contributed by atoms with Crippen LogP contribution in [0.2, 0.25) is 0 Å². The minimum Gasteiger partial charge on any atom is -0.497 e. The Morgan fingerprint density at radius 1 is 1.27 bits per heavy atom. The number of carbonyl (C=O) groups excluding carboxylic acids is 1. The lowest BCUT2D eigenvalue weighted by atomic mass is 10.2. The van der Waals surface area contributed by atoms with Crippen molar-refractivity contribution in [1.29, 1.82) is 0 Å². The third-order valence-corrected chi connectivity index (χ3v) is 2.95. The van der Waals surface area contributed by atoms with E-state index in [0.29, 0.717) is 6.54 Å². The molecule has 1 amide bonds. The van der Waals surface area contributed by atoms with Crippen molar-refractivity contribution in [3.8, 4) is 11.6 Å². The van der Waals surface area contributed by atoms with Gasteiger partial charge in [0.25, 0.3) is 0 Å². The van der Waals surface area contributed by atoms with E-state index in [0.717, 1.165) is 11.3 Å². The third kappa shape index (κ3) is 4.16. The Kier molecular flexibility index (Phi) is 5.26. The van der Waals surface area contributed by atoms with Gasteiger partial charge in [0.1, 0.15) is 11.6 Å². The van der Waals surface area contributed by atoms with Gasteiger partial charge in [-0.05, 0) is 23.8 Å². The summed E-state index contributed by atoms with van der Waals surface area (Å²) in [6.07, 6.45) is 0.176. The number of nitrogens with two attached hydrogens (primary N) is 1. The summed E-state index contributed by atoms with van der Waals surface area (Å²) < 4.78 is 23.6. The first kappa shape index (κ1) is 15.7. The van der Waals surface area contributed by atoms with Gasteiger partial charge in [-0.1, -0.05) is 12.1 Å². The molecular formula is C15H16FN3O3. The summed E-state index contributed by atoms with van der Waals surface area (Å²) in [5, 5.41) is 3.06. The van der Waals surface area contributed by atoms with Gasteiger partial charge in [-0.15, -0.1) is 0 Å². The van der Waals surface area contributed by atoms with Gasteiger partial charge in [0.2, 0.25) is 5.88 Å². The fourth-order valence-corrected chi connectivity index (χ4v) is 1.87. The van der Waals surface area contributed by atoms with Crippen molar-refractivity contribution in [2.45, 2.75) is 13.1 Å². The molecule has 0 saturated carbocycles. The zero-order valence-corrected chi connectivity index (χ0v) is 12.0. The normalized spacial score (nSPS) is 10.3. The summed E-state index contributed by atoms with van der Waals surface area (Å²) in [5.41, 5.74) is 6.08. The fourth-order valence-electron chi connectivity index (χ4n) is 1.87. The number of nitrogens with zero attached hydrogens (tertiary/aromatic N) is 1. The van der Waals surface area contributed by atoms with E-state index in [2.05, 4.69) is 10.3 Å². The fraction of sp³-hybridized carbons (Fsp3) is 0.200. The molecule has 0 bridgehead atoms. The van der Waals surface area contributed by atoms with Crippen LogP contribution in [0, 0.1) is 5.82 Å². The van der Waals surface area contributed by atoms with Crippen LogP contribution in [-0.2, 0) is 13.1 Å². The van der Waals surface area contributed by atoms with E-state index in [1.807, 2.05) is 24.3 Å². The van der Waals surface area contributed by atoms with Gasteiger partial charge in [0.05, 0.1) is 12.7 Å². The number of hydrogen-bond acceptors (Lipinski definition) is 5. The highest BCUT2D eigenvalue weighted by Crippen LogP contribution is 2.18. The highest BCUT2D eigenvalue weighted by atomic mass is 19.1. The molecule has 1 aromatic carbocycles. The van der Waals surface area contributed by atoms with Crippen LogP contribution in [0.5, 0.6) is 11.6 Å². The van der Waals surface area contributed by atoms with E-state index >= 15 is 0 Å². The zero-order valence-electron chi connectivity index (χ0n) is 12.0. The summed E-state index contributed by atoms with van der Waals surface area (Å²) in [7, 11) is 1.60. The molecule has 0 atom stereocenters. The predicted octanol–water partition coefficient (Wildman–Crippen LogP) is 1.98. The summed E-state index contributed by atoms with van der Waals surface area (Å²) in [6, 6.07) is 8.66. The van der Waals surface area contributed by atoms with Crippen LogP contribution in [0.1, 0.15) is 11.1 Å². The molecule has 3 N–H and O–H groups in total. The Balaban J connectivity index is 2.00. The molecule has 0 spiro atoms. The maximum absolute atomic E-state index is 13.8. The van der Waals surface area contributed by atoms with Crippen LogP contribution >= 0.6 is 0 Å². The van der Waals surface area contributed by atoms with Gasteiger partial charge < -0.3 is 20.5 Å². The first-order chi connectivity index (χ1) is 10.6. The van der Waals surface area contributed by atoms with Crippen molar-refractivity contribution in [1.82, 2.24) is 10.3 Å². The van der Waals surface area contributed by atoms with Gasteiger partial charge >= 0.3 is 6.09 Å². The molecule has 22 heavy (non-hydrogen) atoms. The monoisotopic (exact) mass is 305 g/mol. The average molecular weight is 305 g/mol.